The second-order valence-corrected chi connectivity index (χ2v) is 7.40. The molecular formula is C16H22BrNO2. The molecule has 0 aromatic heterocycles. The highest BCUT2D eigenvalue weighted by Crippen LogP contribution is 2.39. The van der Waals surface area contributed by atoms with Gasteiger partial charge >= 0.3 is 0 Å². The third-order valence-electron chi connectivity index (χ3n) is 4.52. The maximum absolute atomic E-state index is 10.7. The molecule has 1 saturated carbocycles. The van der Waals surface area contributed by atoms with Crippen molar-refractivity contribution in [3.63, 3.8) is 0 Å². The second-order valence-electron chi connectivity index (χ2n) is 6.22. The zero-order valence-electron chi connectivity index (χ0n) is 12.1. The van der Waals surface area contributed by atoms with Crippen LogP contribution in [0, 0.1) is 27.9 Å². The highest BCUT2D eigenvalue weighted by molar-refractivity contribution is 9.09. The lowest BCUT2D eigenvalue weighted by Gasteiger charge is -2.35. The average Bonchev–Trinajstić information content (AvgIpc) is 2.41. The van der Waals surface area contributed by atoms with Gasteiger partial charge in [0, 0.05) is 17.0 Å². The number of alkyl halides is 1. The van der Waals surface area contributed by atoms with E-state index in [1.54, 1.807) is 12.1 Å². The molecule has 4 heteroatoms. The Morgan fingerprint density at radius 3 is 2.50 bits per heavy atom. The van der Waals surface area contributed by atoms with Crippen molar-refractivity contribution in [1.82, 2.24) is 0 Å². The fourth-order valence-corrected chi connectivity index (χ4v) is 3.80. The Kier molecular flexibility index (Phi) is 5.19. The van der Waals surface area contributed by atoms with Gasteiger partial charge in [0.1, 0.15) is 0 Å². The number of nitro groups is 1. The quantitative estimate of drug-likeness (QED) is 0.441. The lowest BCUT2D eigenvalue weighted by atomic mass is 9.74. The van der Waals surface area contributed by atoms with Crippen LogP contribution in [0.25, 0.3) is 0 Å². The number of hydrogen-bond donors (Lipinski definition) is 0. The van der Waals surface area contributed by atoms with Crippen LogP contribution in [0.2, 0.25) is 0 Å². The van der Waals surface area contributed by atoms with Gasteiger partial charge in [-0.05, 0) is 49.0 Å². The molecule has 3 nitrogen and oxygen atoms in total. The van der Waals surface area contributed by atoms with Gasteiger partial charge in [-0.3, -0.25) is 10.1 Å². The van der Waals surface area contributed by atoms with Crippen LogP contribution in [0.5, 0.6) is 0 Å². The smallest absolute Gasteiger partial charge is 0.258 e. The highest BCUT2D eigenvalue weighted by Gasteiger charge is 2.30. The first kappa shape index (κ1) is 15.5. The standard InChI is InChI=1S/C16H22BrNO2/c1-11(2)13-5-8-16(17)14(10-13)9-12-3-6-15(7-4-12)18(19)20/h3-4,6-7,11,13-14,16H,5,8-10H2,1-2H3. The summed E-state index contributed by atoms with van der Waals surface area (Å²) >= 11 is 3.82. The number of benzene rings is 1. The molecule has 1 aromatic rings. The van der Waals surface area contributed by atoms with Gasteiger partial charge in [0.25, 0.3) is 5.69 Å². The summed E-state index contributed by atoms with van der Waals surface area (Å²) in [6, 6.07) is 7.02. The Morgan fingerprint density at radius 2 is 1.95 bits per heavy atom. The molecule has 1 fully saturated rings. The maximum Gasteiger partial charge on any atom is 0.269 e. The summed E-state index contributed by atoms with van der Waals surface area (Å²) in [6.45, 7) is 4.62. The number of halogens is 1. The third-order valence-corrected chi connectivity index (χ3v) is 5.72. The Balaban J connectivity index is 2.02. The van der Waals surface area contributed by atoms with Gasteiger partial charge in [-0.15, -0.1) is 0 Å². The molecule has 0 saturated heterocycles. The van der Waals surface area contributed by atoms with Crippen LogP contribution >= 0.6 is 15.9 Å². The minimum absolute atomic E-state index is 0.174. The number of rotatable bonds is 4. The maximum atomic E-state index is 10.7. The molecule has 3 unspecified atom stereocenters. The summed E-state index contributed by atoms with van der Waals surface area (Å²) < 4.78 is 0. The first-order valence-electron chi connectivity index (χ1n) is 7.34. The van der Waals surface area contributed by atoms with E-state index >= 15 is 0 Å². The molecule has 0 spiro atoms. The molecule has 1 aliphatic rings. The van der Waals surface area contributed by atoms with Crippen LogP contribution in [0.15, 0.2) is 24.3 Å². The summed E-state index contributed by atoms with van der Waals surface area (Å²) in [5, 5.41) is 10.7. The number of hydrogen-bond acceptors (Lipinski definition) is 2. The van der Waals surface area contributed by atoms with Crippen molar-refractivity contribution >= 4 is 21.6 Å². The number of nitrogens with zero attached hydrogens (tertiary/aromatic N) is 1. The SMILES string of the molecule is CC(C)C1CCC(Br)C(Cc2ccc([N+](=O)[O-])cc2)C1. The monoisotopic (exact) mass is 339 g/mol. The predicted octanol–water partition coefficient (Wildman–Crippen LogP) is 4.97. The van der Waals surface area contributed by atoms with Gasteiger partial charge in [-0.1, -0.05) is 41.9 Å². The normalized spacial score (nSPS) is 26.7. The fourth-order valence-electron chi connectivity index (χ4n) is 3.14. The molecule has 1 aliphatic carbocycles. The van der Waals surface area contributed by atoms with Crippen molar-refractivity contribution < 1.29 is 4.92 Å². The number of nitro benzene ring substituents is 1. The molecule has 0 bridgehead atoms. The predicted molar refractivity (Wildman–Crippen MR) is 85.2 cm³/mol. The zero-order chi connectivity index (χ0) is 14.7. The summed E-state index contributed by atoms with van der Waals surface area (Å²) in [6.07, 6.45) is 4.81. The van der Waals surface area contributed by atoms with E-state index in [1.165, 1.54) is 24.8 Å². The van der Waals surface area contributed by atoms with E-state index in [9.17, 15) is 10.1 Å². The minimum Gasteiger partial charge on any atom is -0.258 e. The van der Waals surface area contributed by atoms with Gasteiger partial charge in [-0.2, -0.15) is 0 Å². The molecule has 20 heavy (non-hydrogen) atoms. The van der Waals surface area contributed by atoms with E-state index in [4.69, 9.17) is 0 Å². The van der Waals surface area contributed by atoms with Crippen LogP contribution in [0.1, 0.15) is 38.7 Å². The van der Waals surface area contributed by atoms with Crippen molar-refractivity contribution in [2.24, 2.45) is 17.8 Å². The Morgan fingerprint density at radius 1 is 1.30 bits per heavy atom. The van der Waals surface area contributed by atoms with Crippen molar-refractivity contribution in [3.05, 3.63) is 39.9 Å². The minimum atomic E-state index is -0.341. The van der Waals surface area contributed by atoms with Gasteiger partial charge in [0.15, 0.2) is 0 Å². The molecule has 2 rings (SSSR count). The topological polar surface area (TPSA) is 43.1 Å². The van der Waals surface area contributed by atoms with Crippen molar-refractivity contribution in [3.8, 4) is 0 Å². The molecule has 0 radical (unpaired) electrons. The van der Waals surface area contributed by atoms with Crippen molar-refractivity contribution in [1.29, 1.82) is 0 Å². The van der Waals surface area contributed by atoms with E-state index in [0.29, 0.717) is 10.7 Å². The fraction of sp³-hybridized carbons (Fsp3) is 0.625. The largest absolute Gasteiger partial charge is 0.269 e. The zero-order valence-corrected chi connectivity index (χ0v) is 13.7. The molecule has 0 amide bonds. The van der Waals surface area contributed by atoms with Crippen LogP contribution in [0.3, 0.4) is 0 Å². The van der Waals surface area contributed by atoms with Crippen LogP contribution in [-0.4, -0.2) is 9.75 Å². The van der Waals surface area contributed by atoms with E-state index in [0.717, 1.165) is 18.3 Å². The molecule has 1 aromatic carbocycles. The van der Waals surface area contributed by atoms with Crippen LogP contribution in [-0.2, 0) is 6.42 Å². The molecular weight excluding hydrogens is 318 g/mol. The summed E-state index contributed by atoms with van der Waals surface area (Å²) in [5.41, 5.74) is 1.38. The molecule has 0 aliphatic heterocycles. The Hall–Kier alpha value is -0.900. The van der Waals surface area contributed by atoms with E-state index < -0.39 is 0 Å². The van der Waals surface area contributed by atoms with Gasteiger partial charge in [0.2, 0.25) is 0 Å². The Labute approximate surface area is 129 Å². The van der Waals surface area contributed by atoms with Gasteiger partial charge in [-0.25, -0.2) is 0 Å². The lowest BCUT2D eigenvalue weighted by Crippen LogP contribution is -2.29. The van der Waals surface area contributed by atoms with Crippen molar-refractivity contribution in [2.45, 2.75) is 44.4 Å². The lowest BCUT2D eigenvalue weighted by molar-refractivity contribution is -0.384. The van der Waals surface area contributed by atoms with E-state index in [2.05, 4.69) is 29.8 Å². The molecule has 0 N–H and O–H groups in total. The summed E-state index contributed by atoms with van der Waals surface area (Å²) in [5.74, 6) is 2.19. The van der Waals surface area contributed by atoms with Crippen molar-refractivity contribution in [2.75, 3.05) is 0 Å². The average molecular weight is 340 g/mol. The summed E-state index contributed by atoms with van der Waals surface area (Å²) in [7, 11) is 0. The first-order chi connectivity index (χ1) is 9.47. The molecule has 0 heterocycles. The second kappa shape index (κ2) is 6.70. The van der Waals surface area contributed by atoms with E-state index in [-0.39, 0.29) is 10.6 Å². The summed E-state index contributed by atoms with van der Waals surface area (Å²) in [4.78, 5) is 10.9. The molecule has 3 atom stereocenters. The van der Waals surface area contributed by atoms with Gasteiger partial charge in [0.05, 0.1) is 4.92 Å². The van der Waals surface area contributed by atoms with E-state index in [1.807, 2.05) is 12.1 Å². The highest BCUT2D eigenvalue weighted by atomic mass is 79.9. The first-order valence-corrected chi connectivity index (χ1v) is 8.26. The van der Waals surface area contributed by atoms with Crippen LogP contribution < -0.4 is 0 Å². The third kappa shape index (κ3) is 3.81. The molecule has 110 valence electrons. The number of non-ortho nitro benzene ring substituents is 1. The van der Waals surface area contributed by atoms with Crippen LogP contribution in [0.4, 0.5) is 5.69 Å². The Bertz CT molecular complexity index is 458. The van der Waals surface area contributed by atoms with Gasteiger partial charge < -0.3 is 0 Å².